The molecule has 1 amide bonds. The molecular formula is C19H19ClFNO3. The Bertz CT molecular complexity index is 776. The van der Waals surface area contributed by atoms with E-state index in [4.69, 9.17) is 21.1 Å². The summed E-state index contributed by atoms with van der Waals surface area (Å²) >= 11 is 5.86. The van der Waals surface area contributed by atoms with Crippen LogP contribution in [0.2, 0.25) is 5.02 Å². The first-order valence-corrected chi connectivity index (χ1v) is 8.37. The predicted molar refractivity (Wildman–Crippen MR) is 94.2 cm³/mol. The van der Waals surface area contributed by atoms with Crippen LogP contribution in [0.25, 0.3) is 0 Å². The Hall–Kier alpha value is -2.27. The van der Waals surface area contributed by atoms with E-state index in [1.807, 2.05) is 18.2 Å². The maximum absolute atomic E-state index is 13.5. The van der Waals surface area contributed by atoms with Gasteiger partial charge in [0.15, 0.2) is 0 Å². The molecule has 2 aromatic carbocycles. The van der Waals surface area contributed by atoms with Gasteiger partial charge in [-0.15, -0.1) is 0 Å². The van der Waals surface area contributed by atoms with Gasteiger partial charge in [-0.1, -0.05) is 11.6 Å². The van der Waals surface area contributed by atoms with Gasteiger partial charge in [-0.3, -0.25) is 4.79 Å². The number of carbonyl (C=O) groups is 1. The third-order valence-electron chi connectivity index (χ3n) is 4.46. The van der Waals surface area contributed by atoms with Gasteiger partial charge in [-0.05, 0) is 42.8 Å². The van der Waals surface area contributed by atoms with Crippen LogP contribution < -0.4 is 9.47 Å². The van der Waals surface area contributed by atoms with Crippen molar-refractivity contribution in [2.24, 2.45) is 0 Å². The van der Waals surface area contributed by atoms with Gasteiger partial charge in [0.25, 0.3) is 5.91 Å². The van der Waals surface area contributed by atoms with E-state index < -0.39 is 5.82 Å². The van der Waals surface area contributed by atoms with E-state index in [2.05, 4.69) is 0 Å². The molecule has 0 bridgehead atoms. The number of ether oxygens (including phenoxy) is 2. The molecule has 1 aliphatic rings. The third kappa shape index (κ3) is 3.71. The standard InChI is InChI=1S/C19H19ClFNO3/c1-24-16-3-4-18(25-2)17(10-16)12-5-6-22(11-12)19(23)13-7-14(20)9-15(21)8-13/h3-4,7-10,12H,5-6,11H2,1-2H3. The number of rotatable bonds is 4. The number of hydrogen-bond donors (Lipinski definition) is 0. The largest absolute Gasteiger partial charge is 0.497 e. The first kappa shape index (κ1) is 17.5. The summed E-state index contributed by atoms with van der Waals surface area (Å²) in [6.07, 6.45) is 0.804. The summed E-state index contributed by atoms with van der Waals surface area (Å²) in [7, 11) is 3.24. The van der Waals surface area contributed by atoms with E-state index in [0.717, 1.165) is 23.5 Å². The highest BCUT2D eigenvalue weighted by molar-refractivity contribution is 6.31. The zero-order valence-corrected chi connectivity index (χ0v) is 14.8. The average Bonchev–Trinajstić information content (AvgIpc) is 3.09. The van der Waals surface area contributed by atoms with Crippen LogP contribution in [0.5, 0.6) is 11.5 Å². The quantitative estimate of drug-likeness (QED) is 0.820. The summed E-state index contributed by atoms with van der Waals surface area (Å²) in [5.41, 5.74) is 1.28. The average molecular weight is 364 g/mol. The molecule has 0 saturated carbocycles. The molecule has 1 fully saturated rings. The van der Waals surface area contributed by atoms with Gasteiger partial charge in [0.2, 0.25) is 0 Å². The van der Waals surface area contributed by atoms with Crippen molar-refractivity contribution < 1.29 is 18.7 Å². The molecule has 4 nitrogen and oxygen atoms in total. The molecule has 0 N–H and O–H groups in total. The van der Waals surface area contributed by atoms with Gasteiger partial charge in [-0.25, -0.2) is 4.39 Å². The lowest BCUT2D eigenvalue weighted by atomic mass is 9.97. The van der Waals surface area contributed by atoms with E-state index in [1.165, 1.54) is 18.2 Å². The van der Waals surface area contributed by atoms with Crippen molar-refractivity contribution in [1.82, 2.24) is 4.90 Å². The Morgan fingerprint density at radius 2 is 2.00 bits per heavy atom. The number of nitrogens with zero attached hydrogens (tertiary/aromatic N) is 1. The lowest BCUT2D eigenvalue weighted by Gasteiger charge is -2.18. The molecule has 6 heteroatoms. The van der Waals surface area contributed by atoms with Crippen molar-refractivity contribution >= 4 is 17.5 Å². The Kier molecular flexibility index (Phi) is 5.13. The predicted octanol–water partition coefficient (Wildman–Crippen LogP) is 4.13. The fraction of sp³-hybridized carbons (Fsp3) is 0.316. The Balaban J connectivity index is 1.81. The first-order valence-electron chi connectivity index (χ1n) is 7.99. The molecule has 1 unspecified atom stereocenters. The molecule has 0 radical (unpaired) electrons. The molecule has 1 atom stereocenters. The minimum Gasteiger partial charge on any atom is -0.497 e. The number of halogens is 2. The molecule has 132 valence electrons. The summed E-state index contributed by atoms with van der Waals surface area (Å²) in [6.45, 7) is 1.13. The van der Waals surface area contributed by atoms with Crippen LogP contribution in [0.4, 0.5) is 4.39 Å². The topological polar surface area (TPSA) is 38.8 Å². The summed E-state index contributed by atoms with van der Waals surface area (Å²) in [5, 5.41) is 0.216. The Labute approximate surface area is 151 Å². The van der Waals surface area contributed by atoms with Crippen LogP contribution >= 0.6 is 11.6 Å². The van der Waals surface area contributed by atoms with Crippen molar-refractivity contribution in [2.75, 3.05) is 27.3 Å². The van der Waals surface area contributed by atoms with Crippen LogP contribution in [0.3, 0.4) is 0 Å². The highest BCUT2D eigenvalue weighted by Gasteiger charge is 2.30. The summed E-state index contributed by atoms with van der Waals surface area (Å²) < 4.78 is 24.2. The molecule has 1 saturated heterocycles. The highest BCUT2D eigenvalue weighted by Crippen LogP contribution is 2.36. The highest BCUT2D eigenvalue weighted by atomic mass is 35.5. The monoisotopic (exact) mass is 363 g/mol. The Morgan fingerprint density at radius 3 is 2.68 bits per heavy atom. The summed E-state index contributed by atoms with van der Waals surface area (Å²) in [6, 6.07) is 9.54. The van der Waals surface area contributed by atoms with E-state index in [9.17, 15) is 9.18 Å². The summed E-state index contributed by atoms with van der Waals surface area (Å²) in [4.78, 5) is 14.4. The lowest BCUT2D eigenvalue weighted by Crippen LogP contribution is -2.28. The smallest absolute Gasteiger partial charge is 0.254 e. The van der Waals surface area contributed by atoms with Crippen LogP contribution in [0, 0.1) is 5.82 Å². The second-order valence-electron chi connectivity index (χ2n) is 6.00. The second kappa shape index (κ2) is 7.31. The molecular weight excluding hydrogens is 345 g/mol. The lowest BCUT2D eigenvalue weighted by molar-refractivity contribution is 0.0790. The van der Waals surface area contributed by atoms with Gasteiger partial charge in [0.1, 0.15) is 17.3 Å². The van der Waals surface area contributed by atoms with E-state index in [-0.39, 0.29) is 22.4 Å². The second-order valence-corrected chi connectivity index (χ2v) is 6.44. The van der Waals surface area contributed by atoms with Gasteiger partial charge in [-0.2, -0.15) is 0 Å². The van der Waals surface area contributed by atoms with Crippen LogP contribution in [0.15, 0.2) is 36.4 Å². The molecule has 1 heterocycles. The molecule has 1 aliphatic heterocycles. The third-order valence-corrected chi connectivity index (χ3v) is 4.68. The van der Waals surface area contributed by atoms with Gasteiger partial charge in [0, 0.05) is 35.2 Å². The number of methoxy groups -OCH3 is 2. The zero-order valence-electron chi connectivity index (χ0n) is 14.1. The number of benzene rings is 2. The van der Waals surface area contributed by atoms with Crippen molar-refractivity contribution in [1.29, 1.82) is 0 Å². The number of amides is 1. The van der Waals surface area contributed by atoms with Gasteiger partial charge < -0.3 is 14.4 Å². The molecule has 0 aromatic heterocycles. The van der Waals surface area contributed by atoms with Crippen molar-refractivity contribution in [3.8, 4) is 11.5 Å². The summed E-state index contributed by atoms with van der Waals surface area (Å²) in [5.74, 6) is 0.927. The van der Waals surface area contributed by atoms with E-state index in [1.54, 1.807) is 19.1 Å². The van der Waals surface area contributed by atoms with Gasteiger partial charge in [0.05, 0.1) is 14.2 Å². The van der Waals surface area contributed by atoms with Gasteiger partial charge >= 0.3 is 0 Å². The van der Waals surface area contributed by atoms with E-state index >= 15 is 0 Å². The molecule has 25 heavy (non-hydrogen) atoms. The number of likely N-dealkylation sites (tertiary alicyclic amines) is 1. The molecule has 0 spiro atoms. The fourth-order valence-electron chi connectivity index (χ4n) is 3.22. The maximum Gasteiger partial charge on any atom is 0.254 e. The minimum atomic E-state index is -0.513. The first-order chi connectivity index (χ1) is 12.0. The van der Waals surface area contributed by atoms with Crippen LogP contribution in [-0.2, 0) is 0 Å². The Morgan fingerprint density at radius 1 is 1.20 bits per heavy atom. The molecule has 0 aliphatic carbocycles. The van der Waals surface area contributed by atoms with Crippen LogP contribution in [0.1, 0.15) is 28.3 Å². The normalized spacial score (nSPS) is 16.8. The minimum absolute atomic E-state index is 0.137. The van der Waals surface area contributed by atoms with Crippen molar-refractivity contribution in [3.63, 3.8) is 0 Å². The molecule has 2 aromatic rings. The SMILES string of the molecule is COc1ccc(OC)c(C2CCN(C(=O)c3cc(F)cc(Cl)c3)C2)c1. The molecule has 3 rings (SSSR count). The zero-order chi connectivity index (χ0) is 18.0. The number of hydrogen-bond acceptors (Lipinski definition) is 3. The maximum atomic E-state index is 13.5. The number of carbonyl (C=O) groups excluding carboxylic acids is 1. The van der Waals surface area contributed by atoms with Crippen LogP contribution in [-0.4, -0.2) is 38.1 Å². The van der Waals surface area contributed by atoms with Crippen molar-refractivity contribution in [2.45, 2.75) is 12.3 Å². The van der Waals surface area contributed by atoms with Crippen molar-refractivity contribution in [3.05, 3.63) is 58.4 Å². The van der Waals surface area contributed by atoms with E-state index in [0.29, 0.717) is 13.1 Å². The fourth-order valence-corrected chi connectivity index (χ4v) is 3.44.